The van der Waals surface area contributed by atoms with Gasteiger partial charge in [-0.05, 0) is 72.8 Å². The summed E-state index contributed by atoms with van der Waals surface area (Å²) in [6.45, 7) is 0. The summed E-state index contributed by atoms with van der Waals surface area (Å²) >= 11 is 0. The lowest BCUT2D eigenvalue weighted by Gasteiger charge is -2.12. The molecule has 0 spiro atoms. The first-order valence-corrected chi connectivity index (χ1v) is 15.4. The minimum absolute atomic E-state index is 0.0271. The lowest BCUT2D eigenvalue weighted by molar-refractivity contribution is -0.164. The van der Waals surface area contributed by atoms with Crippen molar-refractivity contribution < 1.29 is 30.4 Å². The van der Waals surface area contributed by atoms with Gasteiger partial charge < -0.3 is 16.0 Å². The molecule has 10 N–H and O–H groups in total. The van der Waals surface area contributed by atoms with E-state index in [2.05, 4.69) is 36.0 Å². The Kier molecular flexibility index (Phi) is 7.50. The molecule has 0 atom stereocenters. The molecule has 15 nitrogen and oxygen atoms in total. The van der Waals surface area contributed by atoms with Crippen molar-refractivity contribution in [3.8, 4) is 0 Å². The Hall–Kier alpha value is -4.20. The zero-order chi connectivity index (χ0) is 28.4. The van der Waals surface area contributed by atoms with Crippen molar-refractivity contribution in [2.24, 2.45) is 10.3 Å². The number of sulfonamides is 3. The van der Waals surface area contributed by atoms with Gasteiger partial charge in [-0.1, -0.05) is 0 Å². The lowest BCUT2D eigenvalue weighted by atomic mass is 10.3. The quantitative estimate of drug-likeness (QED) is 0.154. The highest BCUT2D eigenvalue weighted by molar-refractivity contribution is 7.89. The van der Waals surface area contributed by atoms with Crippen LogP contribution >= 0.6 is 0 Å². The predicted octanol–water partition coefficient (Wildman–Crippen LogP) is 0.328. The molecule has 204 valence electrons. The molecule has 39 heavy (non-hydrogen) atoms. The van der Waals surface area contributed by atoms with Crippen LogP contribution in [0, 0.1) is 0 Å². The zero-order valence-corrected chi connectivity index (χ0v) is 22.3. The van der Waals surface area contributed by atoms with Crippen molar-refractivity contribution in [3.63, 3.8) is 0 Å². The third kappa shape index (κ3) is 7.44. The van der Waals surface area contributed by atoms with E-state index in [0.717, 1.165) is 0 Å². The topological polar surface area (TPSA) is 257 Å². The predicted molar refractivity (Wildman–Crippen MR) is 142 cm³/mol. The van der Waals surface area contributed by atoms with E-state index in [9.17, 15) is 25.3 Å². The number of primary sulfonamides is 2. The number of quaternary nitrogens is 1. The molecule has 0 saturated heterocycles. The van der Waals surface area contributed by atoms with Gasteiger partial charge in [-0.2, -0.15) is 23.4 Å². The van der Waals surface area contributed by atoms with Crippen molar-refractivity contribution in [1.29, 1.82) is 0 Å². The van der Waals surface area contributed by atoms with E-state index in [-0.39, 0.29) is 32.5 Å². The number of anilines is 6. The normalized spacial score (nSPS) is 12.1. The molecule has 0 radical (unpaired) electrons. The molecule has 0 saturated carbocycles. The molecule has 0 bridgehead atoms. The fourth-order valence-corrected chi connectivity index (χ4v) is 4.71. The lowest BCUT2D eigenvalue weighted by Crippen LogP contribution is -2.56. The van der Waals surface area contributed by atoms with Gasteiger partial charge in [0, 0.05) is 17.1 Å². The van der Waals surface area contributed by atoms with Gasteiger partial charge in [0.1, 0.15) is 4.90 Å². The van der Waals surface area contributed by atoms with Gasteiger partial charge >= 0.3 is 10.0 Å². The summed E-state index contributed by atoms with van der Waals surface area (Å²) < 4.78 is 69.3. The smallest absolute Gasteiger partial charge is 0.322 e. The standard InChI is InChI=1S/C21H21N9O6S3/c22-37(31,32)16-7-1-13(2-8-16)25-19-28-20(26-14-3-9-17(10-4-14)38(23,33)34)30-21(29-19)27-15-5-11-18(12-6-15)39(24,35)36/h1-12H,(H2,22,31,32)(H2,23,33,34)(H2,24,35,36)(H3,25,26,27,28,29,30)/p+1. The molecule has 1 heterocycles. The molecule has 0 fully saturated rings. The molecule has 4 rings (SSSR count). The van der Waals surface area contributed by atoms with Crippen LogP contribution in [0.1, 0.15) is 0 Å². The largest absolute Gasteiger partial charge is 0.324 e. The summed E-state index contributed by atoms with van der Waals surface area (Å²) in [5.41, 5.74) is 1.33. The van der Waals surface area contributed by atoms with E-state index in [1.54, 1.807) is 0 Å². The molecule has 4 aromatic rings. The van der Waals surface area contributed by atoms with Crippen LogP contribution in [-0.4, -0.2) is 40.2 Å². The Bertz CT molecular complexity index is 1600. The van der Waals surface area contributed by atoms with Gasteiger partial charge in [0.2, 0.25) is 37.9 Å². The Balaban J connectivity index is 1.65. The number of hydrogen-bond acceptors (Lipinski definition) is 12. The van der Waals surface area contributed by atoms with Crippen LogP contribution in [0.2, 0.25) is 0 Å². The maximum atomic E-state index is 11.6. The summed E-state index contributed by atoms with van der Waals surface area (Å²) in [6.07, 6.45) is 0. The van der Waals surface area contributed by atoms with Crippen molar-refractivity contribution >= 4 is 65.0 Å². The molecule has 0 aliphatic heterocycles. The van der Waals surface area contributed by atoms with E-state index in [1.807, 2.05) is 0 Å². The first kappa shape index (κ1) is 27.8. The first-order chi connectivity index (χ1) is 18.2. The molecular formula is C21H22N9O6S3+. The monoisotopic (exact) mass is 592 g/mol. The Morgan fingerprint density at radius 1 is 0.487 bits per heavy atom. The second kappa shape index (κ2) is 10.5. The number of rotatable bonds is 9. The van der Waals surface area contributed by atoms with Crippen molar-refractivity contribution in [2.75, 3.05) is 16.0 Å². The van der Waals surface area contributed by atoms with Gasteiger partial charge in [-0.15, -0.1) is 0 Å². The van der Waals surface area contributed by atoms with Gasteiger partial charge in [-0.3, -0.25) is 0 Å². The molecular weight excluding hydrogens is 570 g/mol. The molecule has 1 aromatic heterocycles. The fraction of sp³-hybridized carbons (Fsp3) is 0. The van der Waals surface area contributed by atoms with Crippen molar-refractivity contribution in [3.05, 3.63) is 72.8 Å². The molecule has 0 amide bonds. The van der Waals surface area contributed by atoms with Crippen molar-refractivity contribution in [2.45, 2.75) is 14.7 Å². The van der Waals surface area contributed by atoms with Crippen LogP contribution in [0.3, 0.4) is 0 Å². The minimum atomic E-state index is -3.88. The molecule has 0 aliphatic carbocycles. The third-order valence-corrected chi connectivity index (χ3v) is 7.83. The van der Waals surface area contributed by atoms with Crippen LogP contribution in [0.15, 0.2) is 87.5 Å². The zero-order valence-electron chi connectivity index (χ0n) is 19.8. The average Bonchev–Trinajstić information content (AvgIpc) is 2.83. The highest BCUT2D eigenvalue weighted by Crippen LogP contribution is 2.23. The third-order valence-electron chi connectivity index (χ3n) is 4.98. The number of hydrogen-bond donors (Lipinski definition) is 6. The molecule has 0 unspecified atom stereocenters. The Labute approximate surface area is 223 Å². The van der Waals surface area contributed by atoms with Gasteiger partial charge in [0.15, 0.2) is 0 Å². The van der Waals surface area contributed by atoms with E-state index in [0.29, 0.717) is 17.1 Å². The van der Waals surface area contributed by atoms with Crippen LogP contribution < -0.4 is 31.4 Å². The Morgan fingerprint density at radius 2 is 0.744 bits per heavy atom. The summed E-state index contributed by atoms with van der Waals surface area (Å²) in [4.78, 5) is 12.8. The number of nitrogens with zero attached hydrogens (tertiary/aromatic N) is 3. The second-order valence-electron chi connectivity index (χ2n) is 7.96. The van der Waals surface area contributed by atoms with E-state index < -0.39 is 30.1 Å². The number of benzene rings is 3. The highest BCUT2D eigenvalue weighted by atomic mass is 32.2. The van der Waals surface area contributed by atoms with E-state index in [1.165, 1.54) is 72.8 Å². The van der Waals surface area contributed by atoms with Crippen LogP contribution in [-0.2, 0) is 30.1 Å². The fourth-order valence-electron chi connectivity index (χ4n) is 3.13. The van der Waals surface area contributed by atoms with E-state index in [4.69, 9.17) is 10.3 Å². The second-order valence-corrected chi connectivity index (χ2v) is 12.8. The van der Waals surface area contributed by atoms with Crippen LogP contribution in [0.5, 0.6) is 0 Å². The molecule has 3 aromatic carbocycles. The Morgan fingerprint density at radius 3 is 0.974 bits per heavy atom. The van der Waals surface area contributed by atoms with Crippen molar-refractivity contribution in [1.82, 2.24) is 15.0 Å². The number of nitrogens with one attached hydrogen (secondary N) is 3. The van der Waals surface area contributed by atoms with Crippen LogP contribution in [0.25, 0.3) is 0 Å². The minimum Gasteiger partial charge on any atom is -0.324 e. The summed E-state index contributed by atoms with van der Waals surface area (Å²) in [5, 5.41) is 22.2. The van der Waals surface area contributed by atoms with Crippen LogP contribution in [0.4, 0.5) is 34.9 Å². The van der Waals surface area contributed by atoms with Gasteiger partial charge in [-0.25, -0.2) is 32.3 Å². The average molecular weight is 593 g/mol. The molecule has 18 heteroatoms. The highest BCUT2D eigenvalue weighted by Gasteiger charge is 2.13. The maximum absolute atomic E-state index is 11.6. The maximum Gasteiger partial charge on any atom is 0.322 e. The molecule has 0 aliphatic rings. The van der Waals surface area contributed by atoms with Gasteiger partial charge in [0.05, 0.1) is 9.79 Å². The number of nitrogens with two attached hydrogens (primary N) is 2. The summed E-state index contributed by atoms with van der Waals surface area (Å²) in [6, 6.07) is 16.8. The summed E-state index contributed by atoms with van der Waals surface area (Å²) in [5.74, 6) is 0.162. The number of aromatic nitrogens is 3. The van der Waals surface area contributed by atoms with E-state index >= 15 is 0 Å². The first-order valence-electron chi connectivity index (χ1n) is 10.7. The van der Waals surface area contributed by atoms with Gasteiger partial charge in [0.25, 0.3) is 0 Å². The SMILES string of the molecule is NS(=O)(=O)c1ccc(Nc2nc(Nc3ccc(S(N)(=O)=O)cc3)nc(Nc3ccc(S([NH3+])(=O)=O)cc3)n2)cc1. The summed E-state index contributed by atoms with van der Waals surface area (Å²) in [7, 11) is -11.4.